The largest absolute Gasteiger partial charge is 0.467 e. The van der Waals surface area contributed by atoms with Crippen molar-refractivity contribution in [2.75, 3.05) is 25.7 Å². The van der Waals surface area contributed by atoms with E-state index in [0.29, 0.717) is 6.42 Å². The lowest BCUT2D eigenvalue weighted by atomic mass is 9.83. The van der Waals surface area contributed by atoms with Crippen LogP contribution in [0.5, 0.6) is 0 Å². The van der Waals surface area contributed by atoms with Crippen molar-refractivity contribution in [2.45, 2.75) is 30.8 Å². The summed E-state index contributed by atoms with van der Waals surface area (Å²) >= 11 is 5.23. The van der Waals surface area contributed by atoms with Gasteiger partial charge in [-0.25, -0.2) is 4.79 Å². The number of methoxy groups -OCH3 is 1. The van der Waals surface area contributed by atoms with Gasteiger partial charge in [0, 0.05) is 11.0 Å². The number of benzene rings is 1. The Morgan fingerprint density at radius 3 is 2.71 bits per heavy atom. The van der Waals surface area contributed by atoms with Gasteiger partial charge in [0.25, 0.3) is 0 Å². The van der Waals surface area contributed by atoms with E-state index < -0.39 is 5.54 Å². The maximum Gasteiger partial charge on any atom is 0.336 e. The highest BCUT2D eigenvalue weighted by atomic mass is 79.9. The molecule has 1 aliphatic carbocycles. The van der Waals surface area contributed by atoms with Crippen LogP contribution in [0.15, 0.2) is 33.7 Å². The van der Waals surface area contributed by atoms with Crippen molar-refractivity contribution in [3.05, 3.63) is 34.3 Å². The Morgan fingerprint density at radius 1 is 1.42 bits per heavy atom. The van der Waals surface area contributed by atoms with Crippen LogP contribution < -0.4 is 0 Å². The van der Waals surface area contributed by atoms with Gasteiger partial charge < -0.3 is 9.64 Å². The van der Waals surface area contributed by atoms with Gasteiger partial charge in [-0.1, -0.05) is 28.1 Å². The SMILES string of the molecule is COC(=O)C1(CCSC)N=CN(CC2CC2)C1c1ccc(Br)cc1. The molecule has 0 radical (unpaired) electrons. The van der Waals surface area contributed by atoms with Gasteiger partial charge in [-0.2, -0.15) is 11.8 Å². The molecule has 0 bridgehead atoms. The highest BCUT2D eigenvalue weighted by molar-refractivity contribution is 9.10. The van der Waals surface area contributed by atoms with E-state index >= 15 is 0 Å². The molecular formula is C18H23BrN2O2S. The van der Waals surface area contributed by atoms with Crippen LogP contribution >= 0.6 is 27.7 Å². The fraction of sp³-hybridized carbons (Fsp3) is 0.556. The molecule has 2 aliphatic rings. The Hall–Kier alpha value is -1.01. The van der Waals surface area contributed by atoms with Crippen molar-refractivity contribution < 1.29 is 9.53 Å². The Morgan fingerprint density at radius 2 is 2.12 bits per heavy atom. The Balaban J connectivity index is 1.98. The van der Waals surface area contributed by atoms with E-state index in [2.05, 4.69) is 39.2 Å². The lowest BCUT2D eigenvalue weighted by Crippen LogP contribution is -2.46. The number of ether oxygens (including phenoxy) is 1. The fourth-order valence-electron chi connectivity index (χ4n) is 3.35. The summed E-state index contributed by atoms with van der Waals surface area (Å²) in [6.45, 7) is 0.961. The van der Waals surface area contributed by atoms with Gasteiger partial charge in [-0.3, -0.25) is 4.99 Å². The second kappa shape index (κ2) is 7.48. The lowest BCUT2D eigenvalue weighted by Gasteiger charge is -2.35. The Labute approximate surface area is 156 Å². The predicted octanol–water partition coefficient (Wildman–Crippen LogP) is 3.91. The molecule has 1 saturated carbocycles. The third-order valence-electron chi connectivity index (χ3n) is 4.80. The number of aliphatic imine (C=N–C) groups is 1. The third kappa shape index (κ3) is 3.49. The number of carbonyl (C=O) groups is 1. The summed E-state index contributed by atoms with van der Waals surface area (Å²) in [4.78, 5) is 19.7. The lowest BCUT2D eigenvalue weighted by molar-refractivity contribution is -0.148. The summed E-state index contributed by atoms with van der Waals surface area (Å²) in [6.07, 6.45) is 7.16. The Bertz CT molecular complexity index is 618. The van der Waals surface area contributed by atoms with Crippen LogP contribution in [0.4, 0.5) is 0 Å². The molecule has 1 aromatic carbocycles. The topological polar surface area (TPSA) is 41.9 Å². The van der Waals surface area contributed by atoms with Crippen LogP contribution in [0, 0.1) is 5.92 Å². The molecule has 1 aromatic rings. The van der Waals surface area contributed by atoms with E-state index in [-0.39, 0.29) is 12.0 Å². The number of carbonyl (C=O) groups excluding carboxylic acids is 1. The van der Waals surface area contributed by atoms with Crippen LogP contribution in [0.2, 0.25) is 0 Å². The zero-order valence-corrected chi connectivity index (χ0v) is 16.5. The molecule has 6 heteroatoms. The monoisotopic (exact) mass is 410 g/mol. The highest BCUT2D eigenvalue weighted by Crippen LogP contribution is 2.44. The normalized spacial score (nSPS) is 26.0. The fourth-order valence-corrected chi connectivity index (χ4v) is 4.13. The van der Waals surface area contributed by atoms with Crippen LogP contribution in [-0.4, -0.2) is 48.4 Å². The molecule has 1 fully saturated rings. The smallest absolute Gasteiger partial charge is 0.336 e. The molecule has 0 aromatic heterocycles. The second-order valence-electron chi connectivity index (χ2n) is 6.50. The summed E-state index contributed by atoms with van der Waals surface area (Å²) < 4.78 is 6.22. The first kappa shape index (κ1) is 17.8. The number of hydrogen-bond donors (Lipinski definition) is 0. The minimum Gasteiger partial charge on any atom is -0.467 e. The molecule has 3 rings (SSSR count). The Kier molecular flexibility index (Phi) is 5.55. The number of halogens is 1. The highest BCUT2D eigenvalue weighted by Gasteiger charge is 2.53. The van der Waals surface area contributed by atoms with Crippen molar-refractivity contribution in [1.82, 2.24) is 4.90 Å². The molecule has 1 aliphatic heterocycles. The quantitative estimate of drug-likeness (QED) is 0.638. The van der Waals surface area contributed by atoms with Gasteiger partial charge in [0.05, 0.1) is 19.5 Å². The van der Waals surface area contributed by atoms with Gasteiger partial charge in [-0.15, -0.1) is 0 Å². The number of esters is 1. The summed E-state index contributed by atoms with van der Waals surface area (Å²) in [5, 5.41) is 0. The van der Waals surface area contributed by atoms with Crippen LogP contribution in [0.1, 0.15) is 30.9 Å². The maximum atomic E-state index is 12.8. The second-order valence-corrected chi connectivity index (χ2v) is 8.40. The van der Waals surface area contributed by atoms with Gasteiger partial charge in [0.15, 0.2) is 5.54 Å². The van der Waals surface area contributed by atoms with Crippen molar-refractivity contribution in [3.63, 3.8) is 0 Å². The molecule has 24 heavy (non-hydrogen) atoms. The van der Waals surface area contributed by atoms with Crippen molar-refractivity contribution in [1.29, 1.82) is 0 Å². The number of hydrogen-bond acceptors (Lipinski definition) is 5. The van der Waals surface area contributed by atoms with Crippen LogP contribution in [-0.2, 0) is 9.53 Å². The summed E-state index contributed by atoms with van der Waals surface area (Å²) in [5.74, 6) is 1.36. The van der Waals surface area contributed by atoms with E-state index in [1.165, 1.54) is 20.0 Å². The number of rotatable bonds is 7. The molecule has 130 valence electrons. The van der Waals surface area contributed by atoms with E-state index in [4.69, 9.17) is 9.73 Å². The van der Waals surface area contributed by atoms with Crippen molar-refractivity contribution in [2.24, 2.45) is 10.9 Å². The average Bonchev–Trinajstić information content (AvgIpc) is 3.34. The molecule has 4 nitrogen and oxygen atoms in total. The maximum absolute atomic E-state index is 12.8. The predicted molar refractivity (Wildman–Crippen MR) is 103 cm³/mol. The summed E-state index contributed by atoms with van der Waals surface area (Å²) in [5.41, 5.74) is 0.267. The summed E-state index contributed by atoms with van der Waals surface area (Å²) in [6, 6.07) is 8.13. The van der Waals surface area contributed by atoms with E-state index in [9.17, 15) is 4.79 Å². The molecule has 2 unspecified atom stereocenters. The third-order valence-corrected chi connectivity index (χ3v) is 5.94. The van der Waals surface area contributed by atoms with Crippen molar-refractivity contribution >= 4 is 40.0 Å². The number of nitrogens with zero attached hydrogens (tertiary/aromatic N) is 2. The van der Waals surface area contributed by atoms with Crippen LogP contribution in [0.3, 0.4) is 0 Å². The molecule has 0 saturated heterocycles. The van der Waals surface area contributed by atoms with E-state index in [1.54, 1.807) is 11.8 Å². The molecule has 0 N–H and O–H groups in total. The minimum atomic E-state index is -0.847. The zero-order chi connectivity index (χ0) is 17.2. The van der Waals surface area contributed by atoms with E-state index in [1.807, 2.05) is 18.5 Å². The molecular weight excluding hydrogens is 388 g/mol. The first-order valence-electron chi connectivity index (χ1n) is 8.24. The first-order chi connectivity index (χ1) is 11.6. The number of thioether (sulfide) groups is 1. The molecule has 0 spiro atoms. The van der Waals surface area contributed by atoms with E-state index in [0.717, 1.165) is 28.3 Å². The van der Waals surface area contributed by atoms with Gasteiger partial charge in [0.2, 0.25) is 0 Å². The van der Waals surface area contributed by atoms with Crippen molar-refractivity contribution in [3.8, 4) is 0 Å². The first-order valence-corrected chi connectivity index (χ1v) is 10.4. The molecule has 2 atom stereocenters. The molecule has 0 amide bonds. The zero-order valence-electron chi connectivity index (χ0n) is 14.1. The molecule has 1 heterocycles. The summed E-state index contributed by atoms with van der Waals surface area (Å²) in [7, 11) is 1.46. The minimum absolute atomic E-state index is 0.0919. The standard InChI is InChI=1S/C18H23BrN2O2S/c1-23-17(22)18(9-10-24-2)16(14-5-7-15(19)8-6-14)21(12-20-18)11-13-3-4-13/h5-8,12-13,16H,3-4,9-11H2,1-2H3. The average molecular weight is 411 g/mol. The van der Waals surface area contributed by atoms with Gasteiger partial charge in [0.1, 0.15) is 0 Å². The van der Waals surface area contributed by atoms with Gasteiger partial charge in [-0.05, 0) is 54.9 Å². The van der Waals surface area contributed by atoms with Gasteiger partial charge >= 0.3 is 5.97 Å². The van der Waals surface area contributed by atoms with Crippen LogP contribution in [0.25, 0.3) is 0 Å².